The molecule has 1 saturated heterocycles. The molecule has 1 amide bonds. The molecule has 0 spiro atoms. The number of carbonyl (C=O) groups is 1. The van der Waals surface area contributed by atoms with E-state index in [-0.39, 0.29) is 24.0 Å². The minimum absolute atomic E-state index is 0.0257. The fourth-order valence-corrected chi connectivity index (χ4v) is 4.33. The van der Waals surface area contributed by atoms with E-state index in [2.05, 4.69) is 9.97 Å². The number of amides is 1. The van der Waals surface area contributed by atoms with Gasteiger partial charge in [0.1, 0.15) is 5.69 Å². The summed E-state index contributed by atoms with van der Waals surface area (Å²) < 4.78 is 1.87. The Morgan fingerprint density at radius 2 is 2.04 bits per heavy atom. The van der Waals surface area contributed by atoms with Crippen molar-refractivity contribution >= 4 is 5.91 Å². The predicted molar refractivity (Wildman–Crippen MR) is 93.4 cm³/mol. The minimum atomic E-state index is -0.280. The van der Waals surface area contributed by atoms with Crippen LogP contribution >= 0.6 is 0 Å². The molecule has 0 unspecified atom stereocenters. The van der Waals surface area contributed by atoms with Crippen LogP contribution in [0.3, 0.4) is 0 Å². The summed E-state index contributed by atoms with van der Waals surface area (Å²) in [5.41, 5.74) is 1.34. The van der Waals surface area contributed by atoms with Crippen molar-refractivity contribution in [3.63, 3.8) is 0 Å². The summed E-state index contributed by atoms with van der Waals surface area (Å²) >= 11 is 0. The highest BCUT2D eigenvalue weighted by Gasteiger charge is 2.39. The molecule has 0 aromatic carbocycles. The van der Waals surface area contributed by atoms with Gasteiger partial charge in [0.25, 0.3) is 5.91 Å². The van der Waals surface area contributed by atoms with Crippen molar-refractivity contribution in [2.24, 2.45) is 5.92 Å². The van der Waals surface area contributed by atoms with Gasteiger partial charge in [-0.15, -0.1) is 0 Å². The van der Waals surface area contributed by atoms with Crippen molar-refractivity contribution in [2.75, 3.05) is 6.54 Å². The molecule has 2 aromatic rings. The molecule has 1 aliphatic carbocycles. The van der Waals surface area contributed by atoms with Crippen LogP contribution in [0.2, 0.25) is 0 Å². The third kappa shape index (κ3) is 3.18. The molecular formula is C19H24N4O2. The van der Waals surface area contributed by atoms with Crippen LogP contribution in [-0.2, 0) is 0 Å². The van der Waals surface area contributed by atoms with Crippen molar-refractivity contribution in [1.29, 1.82) is 0 Å². The fourth-order valence-electron chi connectivity index (χ4n) is 4.33. The lowest BCUT2D eigenvalue weighted by atomic mass is 9.80. The van der Waals surface area contributed by atoms with Gasteiger partial charge >= 0.3 is 0 Å². The van der Waals surface area contributed by atoms with Gasteiger partial charge in [-0.25, -0.2) is 4.98 Å². The number of aromatic nitrogens is 3. The monoisotopic (exact) mass is 340 g/mol. The zero-order valence-corrected chi connectivity index (χ0v) is 14.3. The highest BCUT2D eigenvalue weighted by Crippen LogP contribution is 2.35. The first-order valence-electron chi connectivity index (χ1n) is 9.17. The Morgan fingerprint density at radius 3 is 2.84 bits per heavy atom. The molecule has 0 bridgehead atoms. The number of carbonyl (C=O) groups excluding carboxylic acids is 1. The van der Waals surface area contributed by atoms with E-state index in [1.807, 2.05) is 27.8 Å². The van der Waals surface area contributed by atoms with Crippen LogP contribution in [0.4, 0.5) is 0 Å². The summed E-state index contributed by atoms with van der Waals surface area (Å²) in [7, 11) is 0. The third-order valence-corrected chi connectivity index (χ3v) is 5.60. The number of hydrogen-bond acceptors (Lipinski definition) is 4. The van der Waals surface area contributed by atoms with E-state index < -0.39 is 0 Å². The molecule has 2 fully saturated rings. The van der Waals surface area contributed by atoms with Crippen molar-refractivity contribution in [1.82, 2.24) is 19.4 Å². The van der Waals surface area contributed by atoms with E-state index >= 15 is 0 Å². The maximum Gasteiger partial charge on any atom is 0.272 e. The summed E-state index contributed by atoms with van der Waals surface area (Å²) in [4.78, 5) is 23.4. The van der Waals surface area contributed by atoms with Crippen LogP contribution in [0, 0.1) is 5.92 Å². The van der Waals surface area contributed by atoms with E-state index in [1.54, 1.807) is 18.7 Å². The molecule has 1 saturated carbocycles. The lowest BCUT2D eigenvalue weighted by Gasteiger charge is -2.37. The van der Waals surface area contributed by atoms with E-state index in [4.69, 9.17) is 0 Å². The van der Waals surface area contributed by atoms with Crippen LogP contribution in [0.15, 0.2) is 37.1 Å². The van der Waals surface area contributed by atoms with Gasteiger partial charge in [-0.05, 0) is 37.8 Å². The number of aliphatic hydroxyl groups excluding tert-OH is 1. The van der Waals surface area contributed by atoms with Crippen LogP contribution in [0.5, 0.6) is 0 Å². The maximum absolute atomic E-state index is 13.1. The summed E-state index contributed by atoms with van der Waals surface area (Å²) in [5.74, 6) is 0.180. The van der Waals surface area contributed by atoms with Crippen LogP contribution in [0.25, 0.3) is 5.69 Å². The SMILES string of the molecule is O=C(c1cc(-n2ccnc2)ccn1)N1CCC[C@@H]1[C@H]1CCCC[C@@H]1O. The molecule has 1 aliphatic heterocycles. The van der Waals surface area contributed by atoms with Gasteiger partial charge in [0.2, 0.25) is 0 Å². The van der Waals surface area contributed by atoms with Gasteiger partial charge in [0.05, 0.1) is 18.1 Å². The highest BCUT2D eigenvalue weighted by molar-refractivity contribution is 5.93. The zero-order valence-electron chi connectivity index (χ0n) is 14.3. The maximum atomic E-state index is 13.1. The normalized spacial score (nSPS) is 26.8. The molecule has 0 radical (unpaired) electrons. The first-order chi connectivity index (χ1) is 12.2. The number of likely N-dealkylation sites (tertiary alicyclic amines) is 1. The standard InChI is InChI=1S/C19H24N4O2/c24-18-6-2-1-4-15(18)17-5-3-10-23(17)19(25)16-12-14(7-8-21-16)22-11-9-20-13-22/h7-9,11-13,15,17-18,24H,1-6,10H2/t15-,17-,18+/m1/s1. The second kappa shape index (κ2) is 6.96. The lowest BCUT2D eigenvalue weighted by Crippen LogP contribution is -2.45. The van der Waals surface area contributed by atoms with E-state index in [1.165, 1.54) is 0 Å². The summed E-state index contributed by atoms with van der Waals surface area (Å²) in [6.07, 6.45) is 12.7. The Morgan fingerprint density at radius 1 is 1.16 bits per heavy atom. The molecular weight excluding hydrogens is 316 g/mol. The lowest BCUT2D eigenvalue weighted by molar-refractivity contribution is 0.0209. The molecule has 132 valence electrons. The Bertz CT molecular complexity index is 731. The number of aliphatic hydroxyl groups is 1. The van der Waals surface area contributed by atoms with Crippen LogP contribution < -0.4 is 0 Å². The Labute approximate surface area is 147 Å². The number of rotatable bonds is 3. The predicted octanol–water partition coefficient (Wildman–Crippen LogP) is 2.42. The van der Waals surface area contributed by atoms with Gasteiger partial charge in [-0.3, -0.25) is 9.78 Å². The molecule has 6 heteroatoms. The van der Waals surface area contributed by atoms with Gasteiger partial charge in [0.15, 0.2) is 0 Å². The van der Waals surface area contributed by atoms with E-state index in [0.29, 0.717) is 5.69 Å². The first-order valence-corrected chi connectivity index (χ1v) is 9.17. The smallest absolute Gasteiger partial charge is 0.272 e. The molecule has 2 aliphatic rings. The molecule has 1 N–H and O–H groups in total. The molecule has 6 nitrogen and oxygen atoms in total. The zero-order chi connectivity index (χ0) is 17.2. The summed E-state index contributed by atoms with van der Waals surface area (Å²) in [5, 5.41) is 10.4. The van der Waals surface area contributed by atoms with Crippen molar-refractivity contribution in [2.45, 2.75) is 50.7 Å². The quantitative estimate of drug-likeness (QED) is 0.931. The Hall–Kier alpha value is -2.21. The molecule has 2 aromatic heterocycles. The first kappa shape index (κ1) is 16.3. The topological polar surface area (TPSA) is 71.2 Å². The average Bonchev–Trinajstić information content (AvgIpc) is 3.33. The fraction of sp³-hybridized carbons (Fsp3) is 0.526. The number of hydrogen-bond donors (Lipinski definition) is 1. The average molecular weight is 340 g/mol. The molecule has 3 atom stereocenters. The second-order valence-electron chi connectivity index (χ2n) is 7.09. The molecule has 4 rings (SSSR count). The summed E-state index contributed by atoms with van der Waals surface area (Å²) in [6, 6.07) is 3.82. The number of nitrogens with zero attached hydrogens (tertiary/aromatic N) is 4. The number of imidazole rings is 1. The Kier molecular flexibility index (Phi) is 4.53. The molecule has 25 heavy (non-hydrogen) atoms. The number of pyridine rings is 1. The minimum Gasteiger partial charge on any atom is -0.393 e. The van der Waals surface area contributed by atoms with Gasteiger partial charge in [-0.1, -0.05) is 12.8 Å². The largest absolute Gasteiger partial charge is 0.393 e. The van der Waals surface area contributed by atoms with Gasteiger partial charge in [-0.2, -0.15) is 0 Å². The molecule has 3 heterocycles. The highest BCUT2D eigenvalue weighted by atomic mass is 16.3. The third-order valence-electron chi connectivity index (χ3n) is 5.60. The van der Waals surface area contributed by atoms with Crippen molar-refractivity contribution in [3.05, 3.63) is 42.7 Å². The van der Waals surface area contributed by atoms with Crippen LogP contribution in [-0.4, -0.2) is 49.1 Å². The van der Waals surface area contributed by atoms with Gasteiger partial charge in [0, 0.05) is 37.1 Å². The van der Waals surface area contributed by atoms with Crippen LogP contribution in [0.1, 0.15) is 49.0 Å². The van der Waals surface area contributed by atoms with Crippen molar-refractivity contribution < 1.29 is 9.90 Å². The van der Waals surface area contributed by atoms with E-state index in [0.717, 1.165) is 50.8 Å². The second-order valence-corrected chi connectivity index (χ2v) is 7.09. The van der Waals surface area contributed by atoms with Crippen molar-refractivity contribution in [3.8, 4) is 5.69 Å². The Balaban J connectivity index is 1.56. The van der Waals surface area contributed by atoms with E-state index in [9.17, 15) is 9.90 Å². The van der Waals surface area contributed by atoms with Gasteiger partial charge < -0.3 is 14.6 Å². The summed E-state index contributed by atoms with van der Waals surface area (Å²) in [6.45, 7) is 0.754.